The highest BCUT2D eigenvalue weighted by Crippen LogP contribution is 2.24. The Kier molecular flexibility index (Phi) is 5.63. The van der Waals surface area contributed by atoms with E-state index < -0.39 is 12.0 Å². The van der Waals surface area contributed by atoms with Crippen LogP contribution in [0.1, 0.15) is 10.4 Å². The highest BCUT2D eigenvalue weighted by atomic mass is 35.5. The third kappa shape index (κ3) is 4.11. The number of rotatable bonds is 4. The molecule has 152 valence electrons. The van der Waals surface area contributed by atoms with Crippen molar-refractivity contribution in [2.45, 2.75) is 6.04 Å². The number of aliphatic carboxylic acids is 1. The van der Waals surface area contributed by atoms with Gasteiger partial charge in [0.1, 0.15) is 6.04 Å². The van der Waals surface area contributed by atoms with Crippen LogP contribution >= 0.6 is 11.6 Å². The van der Waals surface area contributed by atoms with Crippen LogP contribution in [0.15, 0.2) is 67.0 Å². The number of carbonyl (C=O) groups is 2. The van der Waals surface area contributed by atoms with E-state index in [9.17, 15) is 14.7 Å². The number of carboxylic acids is 1. The van der Waals surface area contributed by atoms with Crippen molar-refractivity contribution < 1.29 is 14.7 Å². The molecule has 0 radical (unpaired) electrons. The summed E-state index contributed by atoms with van der Waals surface area (Å²) in [6.45, 7) is 0.857. The molecular weight excluding hydrogens is 404 g/mol. The van der Waals surface area contributed by atoms with E-state index in [0.717, 1.165) is 11.1 Å². The van der Waals surface area contributed by atoms with Crippen LogP contribution in [0.2, 0.25) is 5.02 Å². The van der Waals surface area contributed by atoms with E-state index in [4.69, 9.17) is 11.6 Å². The van der Waals surface area contributed by atoms with Crippen molar-refractivity contribution in [3.8, 4) is 11.1 Å². The fourth-order valence-corrected chi connectivity index (χ4v) is 3.70. The predicted octanol–water partition coefficient (Wildman–Crippen LogP) is 3.21. The number of halogens is 1. The Morgan fingerprint density at radius 1 is 0.967 bits per heavy atom. The van der Waals surface area contributed by atoms with Crippen molar-refractivity contribution in [2.75, 3.05) is 24.5 Å². The summed E-state index contributed by atoms with van der Waals surface area (Å²) in [7, 11) is 0. The van der Waals surface area contributed by atoms with Gasteiger partial charge in [-0.2, -0.15) is 0 Å². The van der Waals surface area contributed by atoms with Gasteiger partial charge in [0.25, 0.3) is 5.91 Å². The Morgan fingerprint density at radius 2 is 1.70 bits per heavy atom. The summed E-state index contributed by atoms with van der Waals surface area (Å²) >= 11 is 6.05. The zero-order valence-electron chi connectivity index (χ0n) is 16.0. The quantitative estimate of drug-likeness (QED) is 0.694. The van der Waals surface area contributed by atoms with Gasteiger partial charge in [-0.15, -0.1) is 0 Å². The first-order valence-corrected chi connectivity index (χ1v) is 9.82. The van der Waals surface area contributed by atoms with E-state index in [2.05, 4.69) is 9.97 Å². The highest BCUT2D eigenvalue weighted by Gasteiger charge is 2.36. The molecule has 2 heterocycles. The van der Waals surface area contributed by atoms with Crippen molar-refractivity contribution in [3.05, 3.63) is 77.6 Å². The Bertz CT molecular complexity index is 1060. The molecule has 0 aliphatic carbocycles. The number of hydrogen-bond acceptors (Lipinski definition) is 5. The molecule has 1 amide bonds. The molecule has 0 spiro atoms. The molecule has 8 heteroatoms. The normalized spacial score (nSPS) is 16.4. The molecule has 0 bridgehead atoms. The number of anilines is 1. The molecule has 1 atom stereocenters. The molecule has 1 aliphatic heterocycles. The topological polar surface area (TPSA) is 86.6 Å². The van der Waals surface area contributed by atoms with Crippen LogP contribution in [0.3, 0.4) is 0 Å². The van der Waals surface area contributed by atoms with Crippen molar-refractivity contribution in [1.29, 1.82) is 0 Å². The molecule has 1 aliphatic rings. The summed E-state index contributed by atoms with van der Waals surface area (Å²) in [5.41, 5.74) is 2.31. The SMILES string of the molecule is O=C(O)C1CN(c2ncccn2)CCN1C(=O)c1ccc(-c2cccc(Cl)c2)cc1. The molecule has 3 aromatic rings. The molecule has 1 N–H and O–H groups in total. The summed E-state index contributed by atoms with van der Waals surface area (Å²) < 4.78 is 0. The number of amides is 1. The minimum absolute atomic E-state index is 0.131. The molecule has 2 aromatic carbocycles. The number of nitrogens with zero attached hydrogens (tertiary/aromatic N) is 4. The van der Waals surface area contributed by atoms with Gasteiger partial charge in [-0.25, -0.2) is 14.8 Å². The predicted molar refractivity (Wildman–Crippen MR) is 114 cm³/mol. The molecule has 1 fully saturated rings. The Hall–Kier alpha value is -3.45. The van der Waals surface area contributed by atoms with Gasteiger partial charge < -0.3 is 14.9 Å². The van der Waals surface area contributed by atoms with Gasteiger partial charge in [0.2, 0.25) is 5.95 Å². The Labute approximate surface area is 178 Å². The summed E-state index contributed by atoms with van der Waals surface area (Å²) in [5, 5.41) is 10.4. The molecule has 1 aromatic heterocycles. The Morgan fingerprint density at radius 3 is 2.37 bits per heavy atom. The molecule has 7 nitrogen and oxygen atoms in total. The first-order chi connectivity index (χ1) is 14.5. The third-order valence-corrected chi connectivity index (χ3v) is 5.29. The zero-order chi connectivity index (χ0) is 21.1. The van der Waals surface area contributed by atoms with Gasteiger partial charge in [-0.1, -0.05) is 35.9 Å². The smallest absolute Gasteiger partial charge is 0.328 e. The lowest BCUT2D eigenvalue weighted by Gasteiger charge is -2.39. The average molecular weight is 423 g/mol. The number of hydrogen-bond donors (Lipinski definition) is 1. The lowest BCUT2D eigenvalue weighted by molar-refractivity contribution is -0.142. The lowest BCUT2D eigenvalue weighted by Crippen LogP contribution is -2.58. The summed E-state index contributed by atoms with van der Waals surface area (Å²) in [4.78, 5) is 36.5. The highest BCUT2D eigenvalue weighted by molar-refractivity contribution is 6.30. The fraction of sp³-hybridized carbons (Fsp3) is 0.182. The van der Waals surface area contributed by atoms with Crippen LogP contribution in [-0.4, -0.2) is 57.5 Å². The van der Waals surface area contributed by atoms with Crippen LogP contribution in [0, 0.1) is 0 Å². The van der Waals surface area contributed by atoms with E-state index in [1.165, 1.54) is 4.90 Å². The summed E-state index contributed by atoms with van der Waals surface area (Å²) in [6, 6.07) is 15.3. The van der Waals surface area contributed by atoms with Crippen molar-refractivity contribution in [3.63, 3.8) is 0 Å². The van der Waals surface area contributed by atoms with E-state index in [1.807, 2.05) is 30.3 Å². The minimum atomic E-state index is -1.06. The van der Waals surface area contributed by atoms with Gasteiger partial charge in [0.15, 0.2) is 0 Å². The second kappa shape index (κ2) is 8.51. The number of aromatic nitrogens is 2. The number of piperazine rings is 1. The average Bonchev–Trinajstić information content (AvgIpc) is 2.79. The number of carboxylic acid groups (broad SMARTS) is 1. The maximum Gasteiger partial charge on any atom is 0.328 e. The first-order valence-electron chi connectivity index (χ1n) is 9.44. The summed E-state index contributed by atoms with van der Waals surface area (Å²) in [6.07, 6.45) is 3.22. The standard InChI is InChI=1S/C22H19ClN4O3/c23-18-4-1-3-17(13-18)15-5-7-16(8-6-15)20(28)27-12-11-26(14-19(27)21(29)30)22-24-9-2-10-25-22/h1-10,13,19H,11-12,14H2,(H,29,30). The van der Waals surface area contributed by atoms with E-state index in [-0.39, 0.29) is 19.0 Å². The van der Waals surface area contributed by atoms with Crippen LogP contribution < -0.4 is 4.90 Å². The number of carbonyl (C=O) groups excluding carboxylic acids is 1. The maximum atomic E-state index is 13.1. The number of benzene rings is 2. The van der Waals surface area contributed by atoms with Crippen LogP contribution in [0.5, 0.6) is 0 Å². The molecule has 4 rings (SSSR count). The fourth-order valence-electron chi connectivity index (χ4n) is 3.51. The third-order valence-electron chi connectivity index (χ3n) is 5.05. The monoisotopic (exact) mass is 422 g/mol. The van der Waals surface area contributed by atoms with Crippen LogP contribution in [-0.2, 0) is 4.79 Å². The molecule has 1 unspecified atom stereocenters. The van der Waals surface area contributed by atoms with Crippen LogP contribution in [0.4, 0.5) is 5.95 Å². The Balaban J connectivity index is 1.53. The van der Waals surface area contributed by atoms with Gasteiger partial charge in [0, 0.05) is 36.1 Å². The maximum absolute atomic E-state index is 13.1. The van der Waals surface area contributed by atoms with E-state index >= 15 is 0 Å². The summed E-state index contributed by atoms with van der Waals surface area (Å²) in [5.74, 6) is -0.907. The van der Waals surface area contributed by atoms with E-state index in [0.29, 0.717) is 23.1 Å². The molecular formula is C22H19ClN4O3. The van der Waals surface area contributed by atoms with Gasteiger partial charge >= 0.3 is 5.97 Å². The molecule has 1 saturated heterocycles. The van der Waals surface area contributed by atoms with Gasteiger partial charge in [-0.05, 0) is 41.5 Å². The second-order valence-corrected chi connectivity index (χ2v) is 7.37. The minimum Gasteiger partial charge on any atom is -0.480 e. The van der Waals surface area contributed by atoms with Crippen LogP contribution in [0.25, 0.3) is 11.1 Å². The van der Waals surface area contributed by atoms with Crippen molar-refractivity contribution in [1.82, 2.24) is 14.9 Å². The van der Waals surface area contributed by atoms with Gasteiger partial charge in [0.05, 0.1) is 6.54 Å². The zero-order valence-corrected chi connectivity index (χ0v) is 16.7. The molecule has 30 heavy (non-hydrogen) atoms. The van der Waals surface area contributed by atoms with E-state index in [1.54, 1.807) is 41.6 Å². The van der Waals surface area contributed by atoms with Crippen molar-refractivity contribution in [2.24, 2.45) is 0 Å². The molecule has 0 saturated carbocycles. The van der Waals surface area contributed by atoms with Gasteiger partial charge in [-0.3, -0.25) is 4.79 Å². The lowest BCUT2D eigenvalue weighted by atomic mass is 10.0. The largest absolute Gasteiger partial charge is 0.480 e. The first kappa shape index (κ1) is 19.8. The second-order valence-electron chi connectivity index (χ2n) is 6.94. The van der Waals surface area contributed by atoms with Crippen molar-refractivity contribution >= 4 is 29.4 Å².